The van der Waals surface area contributed by atoms with Crippen LogP contribution in [0.4, 0.5) is 5.69 Å². The van der Waals surface area contributed by atoms with Gasteiger partial charge in [-0.25, -0.2) is 4.68 Å². The molecule has 140 valence electrons. The van der Waals surface area contributed by atoms with E-state index in [1.165, 1.54) is 5.69 Å². The fourth-order valence-corrected chi connectivity index (χ4v) is 3.59. The Balaban J connectivity index is 1.50. The van der Waals surface area contributed by atoms with Crippen LogP contribution in [0.15, 0.2) is 30.3 Å². The van der Waals surface area contributed by atoms with Crippen LogP contribution in [0.5, 0.6) is 0 Å². The molecule has 0 bridgehead atoms. The molecule has 1 aromatic heterocycles. The largest absolute Gasteiger partial charge is 0.369 e. The Hall–Kier alpha value is -1.85. The lowest BCUT2D eigenvalue weighted by Crippen LogP contribution is -2.47. The lowest BCUT2D eigenvalue weighted by molar-refractivity contribution is 0.0883. The number of halogens is 1. The van der Waals surface area contributed by atoms with Gasteiger partial charge in [0.15, 0.2) is 0 Å². The summed E-state index contributed by atoms with van der Waals surface area (Å²) in [6, 6.07) is 10.1. The highest BCUT2D eigenvalue weighted by Gasteiger charge is 2.18. The number of carbonyl (C=O) groups is 1. The molecule has 0 saturated carbocycles. The van der Waals surface area contributed by atoms with Gasteiger partial charge < -0.3 is 4.90 Å². The van der Waals surface area contributed by atoms with E-state index in [4.69, 9.17) is 11.6 Å². The van der Waals surface area contributed by atoms with Gasteiger partial charge >= 0.3 is 0 Å². The normalized spacial score (nSPS) is 15.4. The molecule has 2 aromatic rings. The summed E-state index contributed by atoms with van der Waals surface area (Å²) in [6.07, 6.45) is 2.28. The van der Waals surface area contributed by atoms with Gasteiger partial charge in [0.05, 0.1) is 5.69 Å². The first-order valence-electron chi connectivity index (χ1n) is 9.38. The first kappa shape index (κ1) is 18.9. The highest BCUT2D eigenvalue weighted by atomic mass is 35.5. The minimum absolute atomic E-state index is 0.0892. The van der Waals surface area contributed by atoms with Crippen molar-refractivity contribution < 1.29 is 4.79 Å². The average Bonchev–Trinajstić information content (AvgIpc) is 3.01. The molecule has 26 heavy (non-hydrogen) atoms. The molecule has 1 aromatic carbocycles. The highest BCUT2D eigenvalue weighted by molar-refractivity contribution is 6.30. The zero-order valence-electron chi connectivity index (χ0n) is 15.6. The molecule has 0 spiro atoms. The van der Waals surface area contributed by atoms with Crippen molar-refractivity contribution in [1.29, 1.82) is 0 Å². The van der Waals surface area contributed by atoms with E-state index in [-0.39, 0.29) is 5.91 Å². The van der Waals surface area contributed by atoms with Gasteiger partial charge in [0.1, 0.15) is 0 Å². The van der Waals surface area contributed by atoms with E-state index in [2.05, 4.69) is 21.0 Å². The van der Waals surface area contributed by atoms with Crippen molar-refractivity contribution in [3.8, 4) is 0 Å². The van der Waals surface area contributed by atoms with Gasteiger partial charge in [-0.1, -0.05) is 24.6 Å². The van der Waals surface area contributed by atoms with Gasteiger partial charge in [-0.2, -0.15) is 5.10 Å². The summed E-state index contributed by atoms with van der Waals surface area (Å²) in [6.45, 7) is 9.00. The van der Waals surface area contributed by atoms with Crippen molar-refractivity contribution in [3.63, 3.8) is 0 Å². The number of aryl methyl sites for hydroxylation is 1. The van der Waals surface area contributed by atoms with Gasteiger partial charge in [0.25, 0.3) is 0 Å². The van der Waals surface area contributed by atoms with Crippen molar-refractivity contribution in [1.82, 2.24) is 14.7 Å². The Morgan fingerprint density at radius 2 is 1.96 bits per heavy atom. The van der Waals surface area contributed by atoms with Crippen molar-refractivity contribution in [2.24, 2.45) is 0 Å². The highest BCUT2D eigenvalue weighted by Crippen LogP contribution is 2.20. The van der Waals surface area contributed by atoms with Gasteiger partial charge in [-0.15, -0.1) is 0 Å². The number of rotatable bonds is 6. The maximum atomic E-state index is 12.1. The van der Waals surface area contributed by atoms with Crippen molar-refractivity contribution in [2.45, 2.75) is 33.1 Å². The smallest absolute Gasteiger partial charge is 0.247 e. The molecule has 1 aliphatic heterocycles. The Morgan fingerprint density at radius 3 is 2.65 bits per heavy atom. The number of anilines is 1. The average molecular weight is 375 g/mol. The van der Waals surface area contributed by atoms with E-state index < -0.39 is 0 Å². The third-order valence-electron chi connectivity index (χ3n) is 4.87. The molecule has 5 nitrogen and oxygen atoms in total. The topological polar surface area (TPSA) is 41.4 Å². The van der Waals surface area contributed by atoms with Gasteiger partial charge in [-0.3, -0.25) is 9.69 Å². The summed E-state index contributed by atoms with van der Waals surface area (Å²) in [7, 11) is 0. The standard InChI is InChI=1S/C20H27ClN4O/c1-3-5-20(26)25-16(2)14-18(22-25)8-9-23-10-12-24(13-11-23)19-7-4-6-17(21)15-19/h4,6-7,14-15H,3,5,8-13H2,1-2H3. The van der Waals surface area contributed by atoms with Crippen LogP contribution in [0.25, 0.3) is 0 Å². The van der Waals surface area contributed by atoms with E-state index in [1.807, 2.05) is 38.1 Å². The van der Waals surface area contributed by atoms with Crippen LogP contribution < -0.4 is 4.90 Å². The summed E-state index contributed by atoms with van der Waals surface area (Å²) in [5.41, 5.74) is 3.13. The van der Waals surface area contributed by atoms with Crippen molar-refractivity contribution in [2.75, 3.05) is 37.6 Å². The minimum Gasteiger partial charge on any atom is -0.369 e. The first-order chi connectivity index (χ1) is 12.6. The molecule has 0 aliphatic carbocycles. The number of aromatic nitrogens is 2. The molecule has 2 heterocycles. The Morgan fingerprint density at radius 1 is 1.19 bits per heavy atom. The van der Waals surface area contributed by atoms with E-state index in [1.54, 1.807) is 4.68 Å². The second-order valence-corrected chi connectivity index (χ2v) is 7.33. The number of hydrogen-bond acceptors (Lipinski definition) is 4. The summed E-state index contributed by atoms with van der Waals surface area (Å²) in [4.78, 5) is 16.9. The lowest BCUT2D eigenvalue weighted by atomic mass is 10.2. The molecule has 1 aliphatic rings. The predicted octanol–water partition coefficient (Wildman–Crippen LogP) is 3.65. The number of benzene rings is 1. The van der Waals surface area contributed by atoms with Crippen LogP contribution in [0.3, 0.4) is 0 Å². The molecular formula is C20H27ClN4O. The monoisotopic (exact) mass is 374 g/mol. The van der Waals surface area contributed by atoms with Crippen LogP contribution >= 0.6 is 11.6 Å². The van der Waals surface area contributed by atoms with E-state index >= 15 is 0 Å². The molecule has 1 saturated heterocycles. The van der Waals surface area contributed by atoms with Crippen LogP contribution in [0.1, 0.15) is 35.9 Å². The Kier molecular flexibility index (Phi) is 6.33. The molecule has 0 amide bonds. The summed E-state index contributed by atoms with van der Waals surface area (Å²) in [5, 5.41) is 5.29. The van der Waals surface area contributed by atoms with Gasteiger partial charge in [-0.05, 0) is 37.6 Å². The van der Waals surface area contributed by atoms with Crippen molar-refractivity contribution in [3.05, 3.63) is 46.7 Å². The van der Waals surface area contributed by atoms with E-state index in [0.717, 1.165) is 62.0 Å². The van der Waals surface area contributed by atoms with Crippen molar-refractivity contribution >= 4 is 23.2 Å². The summed E-state index contributed by atoms with van der Waals surface area (Å²) >= 11 is 6.10. The molecule has 0 radical (unpaired) electrons. The third kappa shape index (κ3) is 4.65. The zero-order valence-corrected chi connectivity index (χ0v) is 16.4. The van der Waals surface area contributed by atoms with E-state index in [9.17, 15) is 4.79 Å². The predicted molar refractivity (Wildman–Crippen MR) is 106 cm³/mol. The maximum absolute atomic E-state index is 12.1. The maximum Gasteiger partial charge on any atom is 0.247 e. The Labute approximate surface area is 160 Å². The van der Waals surface area contributed by atoms with Crippen LogP contribution in [-0.2, 0) is 6.42 Å². The molecule has 1 fully saturated rings. The minimum atomic E-state index is 0.0892. The van der Waals surface area contributed by atoms with Crippen LogP contribution in [-0.4, -0.2) is 53.3 Å². The second kappa shape index (κ2) is 8.69. The van der Waals surface area contributed by atoms with Crippen LogP contribution in [0.2, 0.25) is 5.02 Å². The first-order valence-corrected chi connectivity index (χ1v) is 9.76. The third-order valence-corrected chi connectivity index (χ3v) is 5.10. The van der Waals surface area contributed by atoms with E-state index in [0.29, 0.717) is 6.42 Å². The number of piperazine rings is 1. The number of hydrogen-bond donors (Lipinski definition) is 0. The SMILES string of the molecule is CCCC(=O)n1nc(CCN2CCN(c3cccc(Cl)c3)CC2)cc1C. The molecule has 0 N–H and O–H groups in total. The molecule has 0 atom stereocenters. The molecule has 0 unspecified atom stereocenters. The molecule has 3 rings (SSSR count). The fraction of sp³-hybridized carbons (Fsp3) is 0.500. The zero-order chi connectivity index (χ0) is 18.5. The lowest BCUT2D eigenvalue weighted by Gasteiger charge is -2.36. The summed E-state index contributed by atoms with van der Waals surface area (Å²) < 4.78 is 1.57. The Bertz CT molecular complexity index is 750. The number of carbonyl (C=O) groups excluding carboxylic acids is 1. The summed E-state index contributed by atoms with van der Waals surface area (Å²) in [5.74, 6) is 0.0892. The van der Waals surface area contributed by atoms with Crippen LogP contribution in [0, 0.1) is 6.92 Å². The second-order valence-electron chi connectivity index (χ2n) is 6.89. The quantitative estimate of drug-likeness (QED) is 0.773. The molecule has 6 heteroatoms. The number of nitrogens with zero attached hydrogens (tertiary/aromatic N) is 4. The van der Waals surface area contributed by atoms with Gasteiger partial charge in [0, 0.05) is 62.0 Å². The fourth-order valence-electron chi connectivity index (χ4n) is 3.41. The van der Waals surface area contributed by atoms with Gasteiger partial charge in [0.2, 0.25) is 5.91 Å². The molecular weight excluding hydrogens is 348 g/mol.